The zero-order valence-corrected chi connectivity index (χ0v) is 67.7. The van der Waals surface area contributed by atoms with Crippen molar-refractivity contribution in [2.45, 2.75) is 302 Å². The van der Waals surface area contributed by atoms with Gasteiger partial charge in [-0.1, -0.05) is 272 Å². The number of alkyl halides is 9. The molecular weight excluding hydrogens is 1310 g/mol. The van der Waals surface area contributed by atoms with Gasteiger partial charge in [0.25, 0.3) is 12.9 Å². The van der Waals surface area contributed by atoms with E-state index in [-0.39, 0.29) is 94.6 Å². The molecule has 0 radical (unpaired) electrons. The highest BCUT2D eigenvalue weighted by atomic mass is 19.4. The lowest BCUT2D eigenvalue weighted by molar-refractivity contribution is -0.247. The number of hydrogen-bond donors (Lipinski definition) is 3. The van der Waals surface area contributed by atoms with Crippen LogP contribution in [0.25, 0.3) is 33.4 Å². The molecular formula is C83H140B3F9O7. The van der Waals surface area contributed by atoms with Crippen LogP contribution in [0.1, 0.15) is 235 Å². The maximum Gasteiger partial charge on any atom is 0.425 e. The number of rotatable bonds is 9. The van der Waals surface area contributed by atoms with Crippen molar-refractivity contribution in [1.29, 1.82) is 0 Å². The molecule has 6 aromatic carbocycles. The molecule has 19 heteroatoms. The molecule has 7 nitrogen and oxygen atoms in total. The molecule has 9 rings (SSSR count). The second-order valence-corrected chi connectivity index (χ2v) is 23.7. The lowest BCUT2D eigenvalue weighted by atomic mass is 9.53. The molecule has 6 aromatic rings. The SMILES string of the molecule is C.CC.CC.CC.CC.CC.CC.CC.CCB(C)C.CCB(C)C.CCB(C)C.CCc1c(C)c(C)c2c(c1C)C(O)(C(F)(F)F)c1ccccc1-2.CCc1c(C)c(OC=O)c2c(c1C)C(O)(C(F)(F)F)c1ccccc1-2.Cc1c(C)c(OC=O)c2c(c1C)C(O)(C(F)(F)F)c1ccccc1-2.[3HH].[3HH].[3HH].[3HH].[3HH]. The van der Waals surface area contributed by atoms with Crippen molar-refractivity contribution < 1.29 is 81.0 Å². The smallest absolute Gasteiger partial charge is 0.425 e. The zero-order chi connectivity index (χ0) is 80.4. The lowest BCUT2D eigenvalue weighted by Crippen LogP contribution is -2.42. The van der Waals surface area contributed by atoms with E-state index in [9.17, 15) is 64.4 Å². The van der Waals surface area contributed by atoms with Crippen LogP contribution in [0.15, 0.2) is 72.8 Å². The van der Waals surface area contributed by atoms with E-state index < -0.39 is 35.3 Å². The summed E-state index contributed by atoms with van der Waals surface area (Å²) in [5, 5.41) is 32.4. The van der Waals surface area contributed by atoms with E-state index in [1.54, 1.807) is 71.9 Å². The van der Waals surface area contributed by atoms with E-state index in [0.29, 0.717) is 62.9 Å². The number of aliphatic hydroxyl groups is 3. The average molecular weight is 1460 g/mol. The molecule has 3 aliphatic rings. The Morgan fingerprint density at radius 1 is 0.363 bits per heavy atom. The first kappa shape index (κ1) is 104. The first-order chi connectivity index (χ1) is 47.3. The molecule has 3 N–H and O–H groups in total. The van der Waals surface area contributed by atoms with E-state index in [0.717, 1.165) is 36.8 Å². The molecule has 0 bridgehead atoms. The van der Waals surface area contributed by atoms with Crippen LogP contribution in [-0.4, -0.2) is 66.9 Å². The lowest BCUT2D eigenvalue weighted by Gasteiger charge is -2.31. The summed E-state index contributed by atoms with van der Waals surface area (Å²) >= 11 is 0. The molecule has 0 saturated heterocycles. The number of halogens is 9. The second kappa shape index (κ2) is 47.9. The monoisotopic (exact) mass is 1460 g/mol. The largest absolute Gasteiger partial charge is 0.428 e. The Morgan fingerprint density at radius 2 is 0.588 bits per heavy atom. The molecule has 3 atom stereocenters. The van der Waals surface area contributed by atoms with Gasteiger partial charge in [-0.15, -0.1) is 0 Å². The standard InChI is InChI=1S/C19H17F3O3.C19H19F3O.C18H15F3O3.3C4H11B.7C2H6.CH4.5H2/c1-4-12-10(2)16-15(17(11(12)3)25-9-23)13-7-5-6-8-14(13)18(16,24)19(20,21)22;1-5-13-10(2)11(3)16-14-8-6-7-9-15(14)18(23,19(20,21)22)17(16)12(13)4;1-9-10(2)15-14(16(11(9)3)24-8-22)12-6-4-5-7-13(12)17(15,23)18(19,20)21;3*1-4-5(2)3;7*1-2;;;;;;/h5-9,24H,4H2,1-3H3;6-9,23H,5H2,1-4H3;4-8,23H,1-3H3;3*4H2,1-3H3;7*1-2H3;1H4;5*1H/i;;;;;;;;;;;;;;5*1+2. The fourth-order valence-corrected chi connectivity index (χ4v) is 11.4. The van der Waals surface area contributed by atoms with Crippen molar-refractivity contribution in [3.05, 3.63) is 162 Å². The van der Waals surface area contributed by atoms with Gasteiger partial charge in [0.1, 0.15) is 31.6 Å². The minimum absolute atomic E-state index is 0. The van der Waals surface area contributed by atoms with Gasteiger partial charge < -0.3 is 24.8 Å². The van der Waals surface area contributed by atoms with Crippen molar-refractivity contribution in [2.24, 2.45) is 0 Å². The minimum Gasteiger partial charge on any atom is -0.428 e. The van der Waals surface area contributed by atoms with E-state index in [1.807, 2.05) is 118 Å². The number of fused-ring (bicyclic) bond motifs is 9. The van der Waals surface area contributed by atoms with Crippen LogP contribution >= 0.6 is 0 Å². The zero-order valence-electron chi connectivity index (χ0n) is 67.7. The van der Waals surface area contributed by atoms with Crippen LogP contribution in [0.3, 0.4) is 0 Å². The topological polar surface area (TPSA) is 113 Å². The van der Waals surface area contributed by atoms with E-state index in [2.05, 4.69) is 61.7 Å². The first-order valence-corrected chi connectivity index (χ1v) is 36.6. The molecule has 586 valence electrons. The summed E-state index contributed by atoms with van der Waals surface area (Å²) in [5.74, 6) is 0.121. The van der Waals surface area contributed by atoms with Crippen molar-refractivity contribution in [3.63, 3.8) is 0 Å². The Bertz CT molecular complexity index is 3460. The predicted octanol–water partition coefficient (Wildman–Crippen LogP) is 27.4. The normalized spacial score (nSPS) is 15.0. The van der Waals surface area contributed by atoms with Gasteiger partial charge in [0.15, 0.2) is 0 Å². The number of benzene rings is 6. The fraction of sp³-hybridized carbons (Fsp3) is 0.542. The highest BCUT2D eigenvalue weighted by molar-refractivity contribution is 6.56. The van der Waals surface area contributed by atoms with Crippen LogP contribution in [-0.2, 0) is 39.2 Å². The van der Waals surface area contributed by atoms with Crippen molar-refractivity contribution in [3.8, 4) is 44.9 Å². The van der Waals surface area contributed by atoms with Gasteiger partial charge in [-0.25, -0.2) is 0 Å². The first-order valence-electron chi connectivity index (χ1n) is 36.6. The number of carbonyl (C=O) groups excluding carboxylic acids is 2. The Hall–Kier alpha value is -6.30. The molecule has 0 heterocycles. The summed E-state index contributed by atoms with van der Waals surface area (Å²) in [6, 6.07) is 17.9. The fourth-order valence-electron chi connectivity index (χ4n) is 11.4. The van der Waals surface area contributed by atoms with E-state index in [1.165, 1.54) is 68.3 Å². The summed E-state index contributed by atoms with van der Waals surface area (Å²) in [7, 11) is 0. The van der Waals surface area contributed by atoms with Gasteiger partial charge >= 0.3 is 18.5 Å². The molecule has 0 saturated carbocycles. The Balaban J connectivity index is -0.000000136. The Labute approximate surface area is 620 Å². The second-order valence-electron chi connectivity index (χ2n) is 23.7. The maximum atomic E-state index is 14.0. The van der Waals surface area contributed by atoms with Crippen molar-refractivity contribution in [1.82, 2.24) is 0 Å². The van der Waals surface area contributed by atoms with Gasteiger partial charge in [0.05, 0.1) is 0 Å². The molecule has 3 unspecified atom stereocenters. The number of ether oxygens (including phenoxy) is 2. The van der Waals surface area contributed by atoms with E-state index in [4.69, 9.17) is 9.47 Å². The third-order valence-electron chi connectivity index (χ3n) is 17.4. The van der Waals surface area contributed by atoms with Gasteiger partial charge in [-0.2, -0.15) is 39.5 Å². The average Bonchev–Trinajstić information content (AvgIpc) is 1.56. The van der Waals surface area contributed by atoms with Gasteiger partial charge in [0.2, 0.25) is 16.8 Å². The number of carbonyl (C=O) groups is 2. The van der Waals surface area contributed by atoms with Gasteiger partial charge in [-0.05, 0) is 146 Å². The number of hydrogen-bond acceptors (Lipinski definition) is 7. The van der Waals surface area contributed by atoms with Gasteiger partial charge in [0, 0.05) is 51.6 Å². The molecule has 0 aliphatic heterocycles. The molecule has 102 heavy (non-hydrogen) atoms. The van der Waals surface area contributed by atoms with Crippen LogP contribution in [0.2, 0.25) is 59.9 Å². The van der Waals surface area contributed by atoms with E-state index >= 15 is 0 Å². The Morgan fingerprint density at radius 3 is 0.833 bits per heavy atom. The summed E-state index contributed by atoms with van der Waals surface area (Å²) in [6.45, 7) is 68.3. The maximum absolute atomic E-state index is 14.0. The molecule has 0 aromatic heterocycles. The summed E-state index contributed by atoms with van der Waals surface area (Å²) in [4.78, 5) is 21.9. The quantitative estimate of drug-likeness (QED) is 0.0751. The molecule has 0 fully saturated rings. The molecule has 0 amide bonds. The molecule has 3 aliphatic carbocycles. The summed E-state index contributed by atoms with van der Waals surface area (Å²) in [6.07, 6.45) is -9.61. The molecule has 0 spiro atoms. The highest BCUT2D eigenvalue weighted by Crippen LogP contribution is 2.62. The minimum atomic E-state index is -4.92. The van der Waals surface area contributed by atoms with Crippen molar-refractivity contribution in [2.75, 3.05) is 0 Å². The van der Waals surface area contributed by atoms with Crippen molar-refractivity contribution >= 4 is 33.1 Å². The Kier molecular flexibility index (Phi) is 49.0. The summed E-state index contributed by atoms with van der Waals surface area (Å²) < 4.78 is 135. The van der Waals surface area contributed by atoms with Crippen LogP contribution in [0.5, 0.6) is 11.5 Å². The third-order valence-corrected chi connectivity index (χ3v) is 17.4. The van der Waals surface area contributed by atoms with Gasteiger partial charge in [-0.3, -0.25) is 9.59 Å². The van der Waals surface area contributed by atoms with Crippen LogP contribution in [0, 0.1) is 55.4 Å². The summed E-state index contributed by atoms with van der Waals surface area (Å²) in [5.41, 5.74) is -2.29. The van der Waals surface area contributed by atoms with Crippen LogP contribution in [0.4, 0.5) is 39.5 Å². The highest BCUT2D eigenvalue weighted by Gasteiger charge is 2.64. The van der Waals surface area contributed by atoms with Crippen LogP contribution < -0.4 is 9.47 Å². The third kappa shape index (κ3) is 22.4. The predicted molar refractivity (Wildman–Crippen MR) is 433 cm³/mol.